The second-order valence-corrected chi connectivity index (χ2v) is 4.46. The number of methoxy groups -OCH3 is 1. The zero-order valence-electron chi connectivity index (χ0n) is 11.1. The van der Waals surface area contributed by atoms with Gasteiger partial charge in [-0.1, -0.05) is 0 Å². The maximum absolute atomic E-state index is 13.0. The minimum Gasteiger partial charge on any atom is -0.497 e. The Morgan fingerprint density at radius 2 is 1.81 bits per heavy atom. The maximum atomic E-state index is 13.0. The summed E-state index contributed by atoms with van der Waals surface area (Å²) >= 11 is 0. The molecule has 0 saturated carbocycles. The number of aromatic nitrogens is 2. The number of benzene rings is 2. The fraction of sp³-hybridized carbons (Fsp3) is 0.0667. The summed E-state index contributed by atoms with van der Waals surface area (Å²) in [6, 6.07) is 9.93. The highest BCUT2D eigenvalue weighted by Gasteiger charge is 2.10. The lowest BCUT2D eigenvalue weighted by Crippen LogP contribution is -2.33. The van der Waals surface area contributed by atoms with E-state index in [0.717, 1.165) is 4.57 Å². The van der Waals surface area contributed by atoms with Crippen molar-refractivity contribution < 1.29 is 9.13 Å². The third kappa shape index (κ3) is 2.20. The van der Waals surface area contributed by atoms with Crippen LogP contribution in [0.1, 0.15) is 0 Å². The van der Waals surface area contributed by atoms with Crippen LogP contribution in [-0.4, -0.2) is 16.7 Å². The highest BCUT2D eigenvalue weighted by Crippen LogP contribution is 2.15. The molecule has 0 fully saturated rings. The van der Waals surface area contributed by atoms with E-state index in [9.17, 15) is 14.0 Å². The summed E-state index contributed by atoms with van der Waals surface area (Å²) < 4.78 is 19.0. The van der Waals surface area contributed by atoms with Crippen LogP contribution in [0, 0.1) is 5.82 Å². The largest absolute Gasteiger partial charge is 0.497 e. The third-order valence-electron chi connectivity index (χ3n) is 3.19. The zero-order valence-corrected chi connectivity index (χ0v) is 11.1. The summed E-state index contributed by atoms with van der Waals surface area (Å²) in [6.45, 7) is 0. The fourth-order valence-corrected chi connectivity index (χ4v) is 2.14. The number of rotatable bonds is 2. The number of fused-ring (bicyclic) bond motifs is 1. The highest BCUT2D eigenvalue weighted by molar-refractivity contribution is 5.79. The molecule has 5 nitrogen and oxygen atoms in total. The molecule has 3 rings (SSSR count). The Morgan fingerprint density at radius 3 is 2.48 bits per heavy atom. The molecule has 0 amide bonds. The molecule has 3 aromatic rings. The van der Waals surface area contributed by atoms with Gasteiger partial charge in [0, 0.05) is 0 Å². The SMILES string of the molecule is COc1ccc2[nH]c(=O)n(-c3ccc(F)cc3)c(=O)c2c1. The van der Waals surface area contributed by atoms with Gasteiger partial charge in [0.05, 0.1) is 23.7 Å². The predicted molar refractivity (Wildman–Crippen MR) is 76.7 cm³/mol. The summed E-state index contributed by atoms with van der Waals surface area (Å²) in [4.78, 5) is 27.2. The molecule has 0 atom stereocenters. The number of nitrogens with zero attached hydrogens (tertiary/aromatic N) is 1. The van der Waals surface area contributed by atoms with Crippen molar-refractivity contribution in [1.82, 2.24) is 9.55 Å². The normalized spacial score (nSPS) is 10.8. The average Bonchev–Trinajstić information content (AvgIpc) is 2.49. The van der Waals surface area contributed by atoms with Gasteiger partial charge in [0.1, 0.15) is 11.6 Å². The Hall–Kier alpha value is -2.89. The van der Waals surface area contributed by atoms with Crippen LogP contribution >= 0.6 is 0 Å². The van der Waals surface area contributed by atoms with E-state index in [-0.39, 0.29) is 0 Å². The Balaban J connectivity index is 2.35. The first-order valence-corrected chi connectivity index (χ1v) is 6.19. The molecule has 1 aromatic heterocycles. The second kappa shape index (κ2) is 4.90. The van der Waals surface area contributed by atoms with E-state index in [0.29, 0.717) is 22.3 Å². The quantitative estimate of drug-likeness (QED) is 0.781. The van der Waals surface area contributed by atoms with Crippen LogP contribution in [0.15, 0.2) is 52.1 Å². The van der Waals surface area contributed by atoms with Crippen molar-refractivity contribution in [3.63, 3.8) is 0 Å². The molecule has 0 saturated heterocycles. The van der Waals surface area contributed by atoms with Crippen molar-refractivity contribution in [3.8, 4) is 11.4 Å². The van der Waals surface area contributed by atoms with E-state index in [4.69, 9.17) is 4.74 Å². The van der Waals surface area contributed by atoms with Gasteiger partial charge in [-0.2, -0.15) is 0 Å². The van der Waals surface area contributed by atoms with Crippen molar-refractivity contribution in [2.24, 2.45) is 0 Å². The topological polar surface area (TPSA) is 64.1 Å². The number of hydrogen-bond donors (Lipinski definition) is 1. The summed E-state index contributed by atoms with van der Waals surface area (Å²) in [5.41, 5.74) is -0.347. The minimum atomic E-state index is -0.579. The molecule has 6 heteroatoms. The third-order valence-corrected chi connectivity index (χ3v) is 3.19. The molecule has 0 spiro atoms. The van der Waals surface area contributed by atoms with Gasteiger partial charge < -0.3 is 9.72 Å². The van der Waals surface area contributed by atoms with Crippen LogP contribution in [0.3, 0.4) is 0 Å². The van der Waals surface area contributed by atoms with Gasteiger partial charge in [-0.3, -0.25) is 4.79 Å². The molecule has 0 bridgehead atoms. The summed E-state index contributed by atoms with van der Waals surface area (Å²) in [5, 5.41) is 0.318. The first-order valence-electron chi connectivity index (χ1n) is 6.19. The summed E-state index contributed by atoms with van der Waals surface area (Å²) in [7, 11) is 1.49. The van der Waals surface area contributed by atoms with Gasteiger partial charge in [-0.25, -0.2) is 13.8 Å². The Morgan fingerprint density at radius 1 is 1.10 bits per heavy atom. The number of halogens is 1. The van der Waals surface area contributed by atoms with Crippen LogP contribution < -0.4 is 16.0 Å². The fourth-order valence-electron chi connectivity index (χ4n) is 2.14. The van der Waals surface area contributed by atoms with E-state index in [1.54, 1.807) is 18.2 Å². The van der Waals surface area contributed by atoms with E-state index in [2.05, 4.69) is 4.98 Å². The molecule has 0 unspecified atom stereocenters. The molecular weight excluding hydrogens is 275 g/mol. The lowest BCUT2D eigenvalue weighted by atomic mass is 10.2. The monoisotopic (exact) mass is 286 g/mol. The molecule has 0 aliphatic carbocycles. The van der Waals surface area contributed by atoms with Crippen molar-refractivity contribution in [3.05, 3.63) is 69.1 Å². The molecule has 106 valence electrons. The lowest BCUT2D eigenvalue weighted by Gasteiger charge is -2.07. The molecule has 0 aliphatic rings. The van der Waals surface area contributed by atoms with Crippen LogP contribution in [0.25, 0.3) is 16.6 Å². The Labute approximate surface area is 118 Å². The molecule has 0 aliphatic heterocycles. The summed E-state index contributed by atoms with van der Waals surface area (Å²) in [6.07, 6.45) is 0. The predicted octanol–water partition coefficient (Wildman–Crippen LogP) is 1.83. The van der Waals surface area contributed by atoms with Gasteiger partial charge in [-0.05, 0) is 42.5 Å². The maximum Gasteiger partial charge on any atom is 0.333 e. The molecule has 1 N–H and O–H groups in total. The molecule has 1 heterocycles. The number of hydrogen-bond acceptors (Lipinski definition) is 3. The zero-order chi connectivity index (χ0) is 15.0. The van der Waals surface area contributed by atoms with Gasteiger partial charge in [0.2, 0.25) is 0 Å². The van der Waals surface area contributed by atoms with E-state index < -0.39 is 17.1 Å². The van der Waals surface area contributed by atoms with Gasteiger partial charge in [-0.15, -0.1) is 0 Å². The van der Waals surface area contributed by atoms with Crippen molar-refractivity contribution in [2.45, 2.75) is 0 Å². The van der Waals surface area contributed by atoms with Gasteiger partial charge >= 0.3 is 5.69 Å². The second-order valence-electron chi connectivity index (χ2n) is 4.46. The van der Waals surface area contributed by atoms with E-state index in [1.807, 2.05) is 0 Å². The molecular formula is C15H11FN2O3. The summed E-state index contributed by atoms with van der Waals surface area (Å²) in [5.74, 6) is 0.0722. The minimum absolute atomic E-state index is 0.298. The van der Waals surface area contributed by atoms with Crippen LogP contribution in [-0.2, 0) is 0 Å². The highest BCUT2D eigenvalue weighted by atomic mass is 19.1. The standard InChI is InChI=1S/C15H11FN2O3/c1-21-11-6-7-13-12(8-11)14(19)18(15(20)17-13)10-4-2-9(16)3-5-10/h2-8H,1H3,(H,17,20). The molecule has 2 aromatic carbocycles. The van der Waals surface area contributed by atoms with Crippen molar-refractivity contribution in [2.75, 3.05) is 7.11 Å². The Kier molecular flexibility index (Phi) is 3.06. The molecule has 0 radical (unpaired) electrons. The Bertz CT molecular complexity index is 926. The first-order chi connectivity index (χ1) is 10.1. The number of H-pyrrole nitrogens is 1. The average molecular weight is 286 g/mol. The van der Waals surface area contributed by atoms with Crippen molar-refractivity contribution in [1.29, 1.82) is 0 Å². The van der Waals surface area contributed by atoms with E-state index >= 15 is 0 Å². The molecule has 21 heavy (non-hydrogen) atoms. The van der Waals surface area contributed by atoms with Crippen molar-refractivity contribution >= 4 is 10.9 Å². The van der Waals surface area contributed by atoms with E-state index in [1.165, 1.54) is 31.4 Å². The number of aromatic amines is 1. The van der Waals surface area contributed by atoms with Gasteiger partial charge in [0.25, 0.3) is 5.56 Å². The number of ether oxygens (including phenoxy) is 1. The van der Waals surface area contributed by atoms with Crippen LogP contribution in [0.5, 0.6) is 5.75 Å². The van der Waals surface area contributed by atoms with Crippen LogP contribution in [0.2, 0.25) is 0 Å². The van der Waals surface area contributed by atoms with Gasteiger partial charge in [0.15, 0.2) is 0 Å². The van der Waals surface area contributed by atoms with Crippen LogP contribution in [0.4, 0.5) is 4.39 Å². The first kappa shape index (κ1) is 13.1. The lowest BCUT2D eigenvalue weighted by molar-refractivity contribution is 0.415. The number of nitrogens with one attached hydrogen (secondary N) is 1. The smallest absolute Gasteiger partial charge is 0.333 e.